The van der Waals surface area contributed by atoms with Crippen molar-refractivity contribution in [1.29, 1.82) is 0 Å². The Labute approximate surface area is 138 Å². The standard InChI is InChI=1S/C18H14ClNO3/c1-11-9-13(19)7-8-16(11)23-17(21)10-20-12(2)14-5-3-4-6-15(14)18(20)22/h3-9H,2,10H2,1H3. The number of fused-ring (bicyclic) bond motifs is 1. The fourth-order valence-corrected chi connectivity index (χ4v) is 2.74. The predicted molar refractivity (Wildman–Crippen MR) is 88.3 cm³/mol. The number of rotatable bonds is 3. The molecule has 0 unspecified atom stereocenters. The quantitative estimate of drug-likeness (QED) is 0.638. The van der Waals surface area contributed by atoms with Gasteiger partial charge in [-0.3, -0.25) is 9.69 Å². The van der Waals surface area contributed by atoms with Crippen LogP contribution < -0.4 is 4.74 Å². The Morgan fingerprint density at radius 2 is 1.91 bits per heavy atom. The maximum Gasteiger partial charge on any atom is 0.331 e. The minimum atomic E-state index is -0.530. The molecule has 0 aliphatic carbocycles. The normalized spacial score (nSPS) is 13.2. The molecule has 1 aliphatic heterocycles. The lowest BCUT2D eigenvalue weighted by Gasteiger charge is -2.16. The number of carbonyl (C=O) groups is 2. The van der Waals surface area contributed by atoms with Crippen LogP contribution >= 0.6 is 11.6 Å². The monoisotopic (exact) mass is 327 g/mol. The number of carbonyl (C=O) groups excluding carboxylic acids is 2. The molecule has 1 amide bonds. The van der Waals surface area contributed by atoms with Crippen molar-refractivity contribution in [2.45, 2.75) is 6.92 Å². The second kappa shape index (κ2) is 5.89. The van der Waals surface area contributed by atoms with E-state index in [1.54, 1.807) is 37.3 Å². The number of benzene rings is 2. The number of aryl methyl sites for hydroxylation is 1. The molecule has 0 fully saturated rings. The Balaban J connectivity index is 1.74. The van der Waals surface area contributed by atoms with Gasteiger partial charge in [0.05, 0.1) is 0 Å². The van der Waals surface area contributed by atoms with Crippen LogP contribution in [0.3, 0.4) is 0 Å². The van der Waals surface area contributed by atoms with Crippen LogP contribution in [0.25, 0.3) is 5.70 Å². The highest BCUT2D eigenvalue weighted by molar-refractivity contribution is 6.30. The minimum absolute atomic E-state index is 0.186. The SMILES string of the molecule is C=C1c2ccccc2C(=O)N1CC(=O)Oc1ccc(Cl)cc1C. The highest BCUT2D eigenvalue weighted by Crippen LogP contribution is 2.31. The van der Waals surface area contributed by atoms with Gasteiger partial charge in [-0.15, -0.1) is 0 Å². The Bertz CT molecular complexity index is 794. The first-order chi connectivity index (χ1) is 11.0. The molecule has 0 bridgehead atoms. The van der Waals surface area contributed by atoms with E-state index >= 15 is 0 Å². The predicted octanol–water partition coefficient (Wildman–Crippen LogP) is 3.68. The lowest BCUT2D eigenvalue weighted by atomic mass is 10.1. The highest BCUT2D eigenvalue weighted by atomic mass is 35.5. The van der Waals surface area contributed by atoms with Gasteiger partial charge in [0.1, 0.15) is 12.3 Å². The van der Waals surface area contributed by atoms with E-state index in [0.717, 1.165) is 11.1 Å². The summed E-state index contributed by atoms with van der Waals surface area (Å²) >= 11 is 5.88. The number of ether oxygens (including phenoxy) is 1. The van der Waals surface area contributed by atoms with Crippen LogP contribution in [0.4, 0.5) is 0 Å². The first-order valence-corrected chi connectivity index (χ1v) is 7.42. The molecule has 3 rings (SSSR count). The van der Waals surface area contributed by atoms with E-state index in [2.05, 4.69) is 6.58 Å². The number of hydrogen-bond acceptors (Lipinski definition) is 3. The van der Waals surface area contributed by atoms with E-state index in [9.17, 15) is 9.59 Å². The van der Waals surface area contributed by atoms with Gasteiger partial charge in [0.25, 0.3) is 5.91 Å². The summed E-state index contributed by atoms with van der Waals surface area (Å²) in [4.78, 5) is 25.8. The fraction of sp³-hybridized carbons (Fsp3) is 0.111. The summed E-state index contributed by atoms with van der Waals surface area (Å²) in [7, 11) is 0. The summed E-state index contributed by atoms with van der Waals surface area (Å²) < 4.78 is 5.33. The summed E-state index contributed by atoms with van der Waals surface area (Å²) in [6.07, 6.45) is 0. The number of amides is 1. The lowest BCUT2D eigenvalue weighted by molar-refractivity contribution is -0.134. The number of hydrogen-bond donors (Lipinski definition) is 0. The molecule has 1 heterocycles. The van der Waals surface area contributed by atoms with Crippen molar-refractivity contribution in [2.24, 2.45) is 0 Å². The Morgan fingerprint density at radius 3 is 2.57 bits per heavy atom. The Morgan fingerprint density at radius 1 is 1.22 bits per heavy atom. The molecule has 0 atom stereocenters. The van der Waals surface area contributed by atoms with Gasteiger partial charge in [-0.2, -0.15) is 0 Å². The molecule has 0 radical (unpaired) electrons. The third-order valence-corrected chi connectivity index (χ3v) is 3.92. The van der Waals surface area contributed by atoms with Crippen molar-refractivity contribution in [3.05, 3.63) is 70.8 Å². The second-order valence-electron chi connectivity index (χ2n) is 5.27. The molecule has 23 heavy (non-hydrogen) atoms. The van der Waals surface area contributed by atoms with Crippen LogP contribution in [-0.2, 0) is 4.79 Å². The van der Waals surface area contributed by atoms with Gasteiger partial charge < -0.3 is 4.74 Å². The lowest BCUT2D eigenvalue weighted by Crippen LogP contribution is -2.31. The molecule has 2 aromatic rings. The van der Waals surface area contributed by atoms with Crippen molar-refractivity contribution in [3.8, 4) is 5.75 Å². The average molecular weight is 328 g/mol. The highest BCUT2D eigenvalue weighted by Gasteiger charge is 2.32. The molecule has 116 valence electrons. The number of esters is 1. The van der Waals surface area contributed by atoms with Crippen molar-refractivity contribution >= 4 is 29.2 Å². The van der Waals surface area contributed by atoms with E-state index in [1.165, 1.54) is 4.90 Å². The van der Waals surface area contributed by atoms with Crippen molar-refractivity contribution in [2.75, 3.05) is 6.54 Å². The zero-order valence-corrected chi connectivity index (χ0v) is 13.3. The molecule has 0 saturated carbocycles. The molecule has 0 N–H and O–H groups in total. The first-order valence-electron chi connectivity index (χ1n) is 7.04. The zero-order valence-electron chi connectivity index (χ0n) is 12.5. The maximum atomic E-state index is 12.3. The Hall–Kier alpha value is -2.59. The third-order valence-electron chi connectivity index (χ3n) is 3.69. The summed E-state index contributed by atoms with van der Waals surface area (Å²) in [5.74, 6) is -0.345. The van der Waals surface area contributed by atoms with E-state index in [1.807, 2.05) is 12.1 Å². The van der Waals surface area contributed by atoms with E-state index < -0.39 is 5.97 Å². The molecular weight excluding hydrogens is 314 g/mol. The van der Waals surface area contributed by atoms with E-state index in [4.69, 9.17) is 16.3 Å². The first kappa shape index (κ1) is 15.3. The van der Waals surface area contributed by atoms with Gasteiger partial charge in [0, 0.05) is 21.8 Å². The van der Waals surface area contributed by atoms with Gasteiger partial charge in [-0.25, -0.2) is 4.79 Å². The second-order valence-corrected chi connectivity index (χ2v) is 5.70. The van der Waals surface area contributed by atoms with Crippen molar-refractivity contribution < 1.29 is 14.3 Å². The van der Waals surface area contributed by atoms with Gasteiger partial charge >= 0.3 is 5.97 Å². The van der Waals surface area contributed by atoms with Crippen LogP contribution in [0, 0.1) is 6.92 Å². The maximum absolute atomic E-state index is 12.3. The summed E-state index contributed by atoms with van der Waals surface area (Å²) in [5, 5.41) is 0.570. The number of nitrogens with zero attached hydrogens (tertiary/aromatic N) is 1. The van der Waals surface area contributed by atoms with Crippen molar-refractivity contribution in [3.63, 3.8) is 0 Å². The van der Waals surface area contributed by atoms with E-state index in [0.29, 0.717) is 22.0 Å². The average Bonchev–Trinajstić information content (AvgIpc) is 2.76. The van der Waals surface area contributed by atoms with Crippen LogP contribution in [0.2, 0.25) is 5.02 Å². The molecule has 4 nitrogen and oxygen atoms in total. The summed E-state index contributed by atoms with van der Waals surface area (Å²) in [6, 6.07) is 12.1. The summed E-state index contributed by atoms with van der Waals surface area (Å²) in [6.45, 7) is 5.51. The minimum Gasteiger partial charge on any atom is -0.425 e. The molecule has 2 aromatic carbocycles. The molecule has 0 spiro atoms. The topological polar surface area (TPSA) is 46.6 Å². The molecule has 0 saturated heterocycles. The third kappa shape index (κ3) is 2.85. The molecule has 1 aliphatic rings. The van der Waals surface area contributed by atoms with E-state index in [-0.39, 0.29) is 12.5 Å². The van der Waals surface area contributed by atoms with Gasteiger partial charge in [0.15, 0.2) is 0 Å². The van der Waals surface area contributed by atoms with Gasteiger partial charge in [0.2, 0.25) is 0 Å². The summed E-state index contributed by atoms with van der Waals surface area (Å²) in [5.41, 5.74) is 2.55. The fourth-order valence-electron chi connectivity index (χ4n) is 2.51. The van der Waals surface area contributed by atoms with Crippen LogP contribution in [0.1, 0.15) is 21.5 Å². The van der Waals surface area contributed by atoms with Crippen molar-refractivity contribution in [1.82, 2.24) is 4.90 Å². The molecule has 5 heteroatoms. The zero-order chi connectivity index (χ0) is 16.6. The molecular formula is C18H14ClNO3. The Kier molecular flexibility index (Phi) is 3.92. The van der Waals surface area contributed by atoms with Crippen LogP contribution in [0.5, 0.6) is 5.75 Å². The molecule has 0 aromatic heterocycles. The smallest absolute Gasteiger partial charge is 0.331 e. The van der Waals surface area contributed by atoms with Gasteiger partial charge in [-0.05, 0) is 36.8 Å². The van der Waals surface area contributed by atoms with Gasteiger partial charge in [-0.1, -0.05) is 36.4 Å². The van der Waals surface area contributed by atoms with Crippen LogP contribution in [0.15, 0.2) is 49.0 Å². The number of halogens is 1. The largest absolute Gasteiger partial charge is 0.425 e. The van der Waals surface area contributed by atoms with Crippen LogP contribution in [-0.4, -0.2) is 23.3 Å².